The van der Waals surface area contributed by atoms with E-state index in [0.29, 0.717) is 31.4 Å². The third-order valence-corrected chi connectivity index (χ3v) is 11.0. The van der Waals surface area contributed by atoms with Gasteiger partial charge in [-0.25, -0.2) is 9.78 Å². The lowest BCUT2D eigenvalue weighted by Gasteiger charge is -2.16. The zero-order chi connectivity index (χ0) is 38.8. The number of rotatable bonds is 15. The molecular weight excluding hydrogens is 726 g/mol. The van der Waals surface area contributed by atoms with Gasteiger partial charge in [0, 0.05) is 23.9 Å². The SMILES string of the molecule is COC(=O)C(CCCCNC(=O)c1ccccc1)NC(=O)c1ccc(NN=Cc2ccccc2S(=O)(=O)O)nc1.CP(c1ccccc1)c1ccccc1. The lowest BCUT2D eigenvalue weighted by molar-refractivity contribution is -0.143. The van der Waals surface area contributed by atoms with E-state index in [0.717, 1.165) is 0 Å². The Morgan fingerprint density at radius 3 is 1.96 bits per heavy atom. The van der Waals surface area contributed by atoms with Crippen molar-refractivity contribution in [2.24, 2.45) is 5.10 Å². The molecule has 1 heterocycles. The number of anilines is 1. The van der Waals surface area contributed by atoms with Crippen LogP contribution in [0, 0.1) is 0 Å². The van der Waals surface area contributed by atoms with Crippen LogP contribution in [0.25, 0.3) is 0 Å². The van der Waals surface area contributed by atoms with Crippen LogP contribution in [0.2, 0.25) is 0 Å². The number of esters is 1. The molecule has 0 radical (unpaired) electrons. The second kappa shape index (κ2) is 21.1. The number of pyridine rings is 1. The molecule has 1 aromatic heterocycles. The van der Waals surface area contributed by atoms with E-state index in [1.807, 2.05) is 6.07 Å². The van der Waals surface area contributed by atoms with Crippen LogP contribution in [-0.4, -0.2) is 68.3 Å². The fourth-order valence-electron chi connectivity index (χ4n) is 5.04. The van der Waals surface area contributed by atoms with Gasteiger partial charge in [-0.3, -0.25) is 19.6 Å². The highest BCUT2D eigenvalue weighted by atomic mass is 32.2. The molecule has 0 saturated carbocycles. The number of hydrazone groups is 1. The van der Waals surface area contributed by atoms with E-state index in [2.05, 4.69) is 93.5 Å². The van der Waals surface area contributed by atoms with E-state index in [9.17, 15) is 27.4 Å². The third-order valence-electron chi connectivity index (χ3n) is 7.92. The summed E-state index contributed by atoms with van der Waals surface area (Å²) in [7, 11) is -3.35. The fraction of sp³-hybridized carbons (Fsp3) is 0.175. The predicted molar refractivity (Wildman–Crippen MR) is 213 cm³/mol. The number of aromatic nitrogens is 1. The molecule has 54 heavy (non-hydrogen) atoms. The van der Waals surface area contributed by atoms with Crippen LogP contribution >= 0.6 is 7.92 Å². The van der Waals surface area contributed by atoms with Crippen LogP contribution in [0.5, 0.6) is 0 Å². The smallest absolute Gasteiger partial charge is 0.328 e. The summed E-state index contributed by atoms with van der Waals surface area (Å²) < 4.78 is 37.1. The molecule has 280 valence electrons. The minimum Gasteiger partial charge on any atom is -0.467 e. The van der Waals surface area contributed by atoms with Gasteiger partial charge in [0.25, 0.3) is 21.9 Å². The molecule has 2 amide bonds. The van der Waals surface area contributed by atoms with Crippen molar-refractivity contribution in [2.75, 3.05) is 25.7 Å². The number of benzene rings is 4. The number of methoxy groups -OCH3 is 1. The molecule has 0 saturated heterocycles. The highest BCUT2D eigenvalue weighted by Crippen LogP contribution is 2.27. The van der Waals surface area contributed by atoms with Gasteiger partial charge in [-0.05, 0) is 74.8 Å². The van der Waals surface area contributed by atoms with Gasteiger partial charge in [0.2, 0.25) is 0 Å². The molecule has 5 rings (SSSR count). The van der Waals surface area contributed by atoms with Gasteiger partial charge in [0.15, 0.2) is 0 Å². The third kappa shape index (κ3) is 13.0. The first-order valence-corrected chi connectivity index (χ1v) is 20.2. The Morgan fingerprint density at radius 1 is 0.796 bits per heavy atom. The van der Waals surface area contributed by atoms with Crippen LogP contribution < -0.4 is 26.7 Å². The molecule has 1 atom stereocenters. The van der Waals surface area contributed by atoms with Gasteiger partial charge in [-0.15, -0.1) is 0 Å². The minimum absolute atomic E-state index is 0.168. The minimum atomic E-state index is -4.41. The predicted octanol–water partition coefficient (Wildman–Crippen LogP) is 5.40. The number of ether oxygens (including phenoxy) is 1. The zero-order valence-corrected chi connectivity index (χ0v) is 31.5. The van der Waals surface area contributed by atoms with Crippen LogP contribution in [0.3, 0.4) is 0 Å². The van der Waals surface area contributed by atoms with Gasteiger partial charge in [-0.1, -0.05) is 97.1 Å². The van der Waals surface area contributed by atoms with Gasteiger partial charge >= 0.3 is 5.97 Å². The topological polar surface area (TPSA) is 176 Å². The van der Waals surface area contributed by atoms with E-state index >= 15 is 0 Å². The maximum Gasteiger partial charge on any atom is 0.328 e. The first kappa shape index (κ1) is 41.0. The van der Waals surface area contributed by atoms with Gasteiger partial charge in [-0.2, -0.15) is 13.5 Å². The lowest BCUT2D eigenvalue weighted by Crippen LogP contribution is -2.41. The van der Waals surface area contributed by atoms with E-state index in [1.54, 1.807) is 30.3 Å². The Morgan fingerprint density at radius 2 is 1.39 bits per heavy atom. The highest BCUT2D eigenvalue weighted by Gasteiger charge is 2.22. The van der Waals surface area contributed by atoms with Crippen molar-refractivity contribution < 1.29 is 32.1 Å². The number of hydrogen-bond acceptors (Lipinski definition) is 9. The molecule has 4 N–H and O–H groups in total. The number of amides is 2. The van der Waals surface area contributed by atoms with Crippen molar-refractivity contribution in [3.63, 3.8) is 0 Å². The average molecular weight is 768 g/mol. The Bertz CT molecular complexity index is 2050. The molecule has 1 unspecified atom stereocenters. The fourth-order valence-corrected chi connectivity index (χ4v) is 7.24. The maximum absolute atomic E-state index is 12.7. The van der Waals surface area contributed by atoms with Crippen molar-refractivity contribution in [2.45, 2.75) is 30.2 Å². The Kier molecular flexibility index (Phi) is 16.0. The highest BCUT2D eigenvalue weighted by molar-refractivity contribution is 7.86. The maximum atomic E-state index is 12.7. The molecule has 0 aliphatic heterocycles. The number of hydrogen-bond donors (Lipinski definition) is 4. The number of nitrogens with one attached hydrogen (secondary N) is 3. The van der Waals surface area contributed by atoms with E-state index in [-0.39, 0.29) is 35.7 Å². The standard InChI is InChI=1S/C27H29N5O7S.C13H13P/c1-39-27(35)22(12-7-8-16-28-25(33)19-9-3-2-4-10-19)31-26(34)21-14-15-24(29-17-21)32-30-18-20-11-5-6-13-23(20)40(36,37)38;1-14(12-8-4-2-5-9-12)13-10-6-3-7-11-13/h2-6,9-11,13-15,17-18,22H,7-8,12,16H2,1H3,(H,28,33)(H,29,32)(H,31,34)(H,36,37,38);2-11H,1H3. The Hall–Kier alpha value is -5.75. The van der Waals surface area contributed by atoms with Crippen LogP contribution in [-0.2, 0) is 19.6 Å². The van der Waals surface area contributed by atoms with Crippen molar-refractivity contribution in [1.82, 2.24) is 15.6 Å². The molecule has 5 aromatic rings. The molecular formula is C40H42N5O7PS. The van der Waals surface area contributed by atoms with Crippen LogP contribution in [0.1, 0.15) is 45.5 Å². The molecule has 0 spiro atoms. The molecule has 0 fully saturated rings. The Labute approximate surface area is 316 Å². The van der Waals surface area contributed by atoms with Gasteiger partial charge < -0.3 is 15.4 Å². The average Bonchev–Trinajstić information content (AvgIpc) is 3.20. The first-order chi connectivity index (χ1) is 26.1. The number of carbonyl (C=O) groups is 3. The van der Waals surface area contributed by atoms with Gasteiger partial charge in [0.05, 0.1) is 18.9 Å². The van der Waals surface area contributed by atoms with Crippen molar-refractivity contribution in [3.8, 4) is 0 Å². The number of unbranched alkanes of at least 4 members (excludes halogenated alkanes) is 1. The summed E-state index contributed by atoms with van der Waals surface area (Å²) in [6.45, 7) is 2.72. The normalized spacial score (nSPS) is 11.6. The number of nitrogens with zero attached hydrogens (tertiary/aromatic N) is 2. The van der Waals surface area contributed by atoms with Crippen molar-refractivity contribution in [1.29, 1.82) is 0 Å². The molecule has 14 heteroatoms. The summed E-state index contributed by atoms with van der Waals surface area (Å²) in [6, 6.07) is 38.1. The largest absolute Gasteiger partial charge is 0.467 e. The quantitative estimate of drug-likeness (QED) is 0.0272. The summed E-state index contributed by atoms with van der Waals surface area (Å²) in [5.74, 6) is -1.04. The van der Waals surface area contributed by atoms with E-state index in [4.69, 9.17) is 4.74 Å². The van der Waals surface area contributed by atoms with Gasteiger partial charge in [0.1, 0.15) is 16.8 Å². The Balaban J connectivity index is 0.000000385. The molecule has 0 aliphatic carbocycles. The number of carbonyl (C=O) groups excluding carboxylic acids is 3. The van der Waals surface area contributed by atoms with E-state index in [1.165, 1.54) is 60.5 Å². The molecule has 0 bridgehead atoms. The van der Waals surface area contributed by atoms with E-state index < -0.39 is 28.0 Å². The van der Waals surface area contributed by atoms with Crippen LogP contribution in [0.15, 0.2) is 144 Å². The molecule has 12 nitrogen and oxygen atoms in total. The summed E-state index contributed by atoms with van der Waals surface area (Å²) in [5.41, 5.74) is 3.53. The zero-order valence-electron chi connectivity index (χ0n) is 29.8. The summed E-state index contributed by atoms with van der Waals surface area (Å²) in [4.78, 5) is 40.8. The second-order valence-corrected chi connectivity index (χ2v) is 15.3. The summed E-state index contributed by atoms with van der Waals surface area (Å²) in [5, 5.41) is 12.3. The summed E-state index contributed by atoms with van der Waals surface area (Å²) >= 11 is 0. The second-order valence-electron chi connectivity index (χ2n) is 11.7. The van der Waals surface area contributed by atoms with Crippen molar-refractivity contribution in [3.05, 3.63) is 150 Å². The van der Waals surface area contributed by atoms with Crippen molar-refractivity contribution >= 4 is 58.5 Å². The monoisotopic (exact) mass is 767 g/mol. The summed E-state index contributed by atoms with van der Waals surface area (Å²) in [6.07, 6.45) is 3.95. The first-order valence-electron chi connectivity index (χ1n) is 16.9. The molecule has 4 aromatic carbocycles. The lowest BCUT2D eigenvalue weighted by atomic mass is 10.1. The van der Waals surface area contributed by atoms with Crippen LogP contribution in [0.4, 0.5) is 5.82 Å². The molecule has 0 aliphatic rings.